The van der Waals surface area contributed by atoms with Crippen molar-refractivity contribution in [3.05, 3.63) is 35.4 Å². The molecule has 3 atom stereocenters. The first kappa shape index (κ1) is 21.8. The molecule has 1 aliphatic carbocycles. The number of hydrogen-bond acceptors (Lipinski definition) is 5. The number of nitrogens with one attached hydrogen (secondary N) is 2. The summed E-state index contributed by atoms with van der Waals surface area (Å²) in [6, 6.07) is 7.06. The fourth-order valence-electron chi connectivity index (χ4n) is 4.73. The second-order valence-electron chi connectivity index (χ2n) is 8.74. The Hall–Kier alpha value is -2.45. The highest BCUT2D eigenvalue weighted by Crippen LogP contribution is 2.28. The molecule has 1 unspecified atom stereocenters. The molecule has 31 heavy (non-hydrogen) atoms. The van der Waals surface area contributed by atoms with E-state index in [1.54, 1.807) is 24.0 Å². The SMILES string of the molecule is CNC(C)C(=O)N[C@H]1CCC(=O)N2CCC[C@@H](COC3Cc4ccccc4C3)N2C1=O. The van der Waals surface area contributed by atoms with Crippen LogP contribution in [0, 0.1) is 0 Å². The van der Waals surface area contributed by atoms with Crippen LogP contribution in [0.25, 0.3) is 0 Å². The number of benzene rings is 1. The lowest BCUT2D eigenvalue weighted by atomic mass is 10.1. The van der Waals surface area contributed by atoms with Crippen LogP contribution < -0.4 is 10.6 Å². The Morgan fingerprint density at radius 1 is 1.19 bits per heavy atom. The highest BCUT2D eigenvalue weighted by Gasteiger charge is 2.42. The van der Waals surface area contributed by atoms with E-state index in [0.29, 0.717) is 19.6 Å². The van der Waals surface area contributed by atoms with E-state index >= 15 is 0 Å². The molecule has 0 saturated carbocycles. The van der Waals surface area contributed by atoms with Gasteiger partial charge in [0.15, 0.2) is 0 Å². The molecule has 1 aromatic carbocycles. The Bertz CT molecular complexity index is 820. The maximum atomic E-state index is 13.4. The number of carbonyl (C=O) groups excluding carboxylic acids is 3. The van der Waals surface area contributed by atoms with Crippen LogP contribution in [-0.2, 0) is 32.0 Å². The van der Waals surface area contributed by atoms with E-state index in [9.17, 15) is 14.4 Å². The van der Waals surface area contributed by atoms with Crippen molar-refractivity contribution in [3.8, 4) is 0 Å². The van der Waals surface area contributed by atoms with Crippen molar-refractivity contribution in [2.45, 2.75) is 69.7 Å². The molecule has 2 heterocycles. The lowest BCUT2D eigenvalue weighted by molar-refractivity contribution is -0.177. The van der Waals surface area contributed by atoms with Gasteiger partial charge in [0.25, 0.3) is 5.91 Å². The van der Waals surface area contributed by atoms with E-state index < -0.39 is 12.1 Å². The molecule has 0 radical (unpaired) electrons. The minimum atomic E-state index is -0.700. The van der Waals surface area contributed by atoms with Crippen molar-refractivity contribution in [2.75, 3.05) is 20.2 Å². The second kappa shape index (κ2) is 9.36. The zero-order valence-corrected chi connectivity index (χ0v) is 18.3. The third kappa shape index (κ3) is 4.60. The van der Waals surface area contributed by atoms with E-state index in [2.05, 4.69) is 22.8 Å². The van der Waals surface area contributed by atoms with Crippen LogP contribution in [0.3, 0.4) is 0 Å². The fourth-order valence-corrected chi connectivity index (χ4v) is 4.73. The molecule has 3 aliphatic rings. The summed E-state index contributed by atoms with van der Waals surface area (Å²) in [4.78, 5) is 38.5. The topological polar surface area (TPSA) is 91.0 Å². The summed E-state index contributed by atoms with van der Waals surface area (Å²) < 4.78 is 6.24. The average Bonchev–Trinajstić information content (AvgIpc) is 3.16. The second-order valence-corrected chi connectivity index (χ2v) is 8.74. The largest absolute Gasteiger partial charge is 0.375 e. The van der Waals surface area contributed by atoms with E-state index in [-0.39, 0.29) is 36.3 Å². The first-order valence-corrected chi connectivity index (χ1v) is 11.3. The lowest BCUT2D eigenvalue weighted by Gasteiger charge is -2.44. The maximum Gasteiger partial charge on any atom is 0.264 e. The molecule has 1 aromatic rings. The van der Waals surface area contributed by atoms with Crippen molar-refractivity contribution in [1.29, 1.82) is 0 Å². The standard InChI is InChI=1S/C23H32N4O4/c1-15(24-2)22(29)25-20-9-10-21(28)26-11-5-8-18(27(26)23(20)30)14-31-19-12-16-6-3-4-7-17(16)13-19/h3-4,6-7,15,18-20,24H,5,8-14H2,1-2H3,(H,25,29)/t15?,18-,20-/m0/s1. The number of likely N-dealkylation sites (N-methyl/N-ethyl adjacent to an activating group) is 1. The molecular formula is C23H32N4O4. The minimum absolute atomic E-state index is 0.0651. The maximum absolute atomic E-state index is 13.4. The van der Waals surface area contributed by atoms with Gasteiger partial charge >= 0.3 is 0 Å². The lowest BCUT2D eigenvalue weighted by Crippen LogP contribution is -2.62. The zero-order valence-electron chi connectivity index (χ0n) is 18.3. The molecule has 8 nitrogen and oxygen atoms in total. The van der Waals surface area contributed by atoms with E-state index in [1.807, 2.05) is 12.1 Å². The van der Waals surface area contributed by atoms with Gasteiger partial charge in [0.1, 0.15) is 6.04 Å². The number of amides is 3. The quantitative estimate of drug-likeness (QED) is 0.699. The Morgan fingerprint density at radius 2 is 1.90 bits per heavy atom. The molecule has 2 fully saturated rings. The highest BCUT2D eigenvalue weighted by molar-refractivity contribution is 5.92. The number of carbonyl (C=O) groups is 3. The number of nitrogens with zero attached hydrogens (tertiary/aromatic N) is 2. The predicted octanol–water partition coefficient (Wildman–Crippen LogP) is 0.792. The Kier molecular flexibility index (Phi) is 6.57. The molecular weight excluding hydrogens is 396 g/mol. The molecule has 2 N–H and O–H groups in total. The third-order valence-corrected chi connectivity index (χ3v) is 6.65. The summed E-state index contributed by atoms with van der Waals surface area (Å²) in [5.74, 6) is -0.523. The molecule has 0 spiro atoms. The van der Waals surface area contributed by atoms with Crippen LogP contribution in [0.15, 0.2) is 24.3 Å². The smallest absolute Gasteiger partial charge is 0.264 e. The van der Waals surface area contributed by atoms with Gasteiger partial charge in [-0.15, -0.1) is 0 Å². The van der Waals surface area contributed by atoms with Gasteiger partial charge in [0.2, 0.25) is 11.8 Å². The zero-order chi connectivity index (χ0) is 22.0. The van der Waals surface area contributed by atoms with Crippen LogP contribution in [-0.4, -0.2) is 72.2 Å². The van der Waals surface area contributed by atoms with Gasteiger partial charge in [-0.05, 0) is 57.2 Å². The van der Waals surface area contributed by atoms with Crippen molar-refractivity contribution in [3.63, 3.8) is 0 Å². The summed E-state index contributed by atoms with van der Waals surface area (Å²) in [6.07, 6.45) is 4.02. The summed E-state index contributed by atoms with van der Waals surface area (Å²) in [5, 5.41) is 8.87. The molecule has 0 bridgehead atoms. The van der Waals surface area contributed by atoms with Gasteiger partial charge in [0, 0.05) is 13.0 Å². The number of hydrazine groups is 1. The molecule has 2 saturated heterocycles. The molecule has 3 amide bonds. The Balaban J connectivity index is 1.44. The van der Waals surface area contributed by atoms with Gasteiger partial charge < -0.3 is 15.4 Å². The van der Waals surface area contributed by atoms with Crippen molar-refractivity contribution in [1.82, 2.24) is 20.7 Å². The van der Waals surface area contributed by atoms with Crippen molar-refractivity contribution >= 4 is 17.7 Å². The van der Waals surface area contributed by atoms with Gasteiger partial charge in [-0.3, -0.25) is 19.4 Å². The minimum Gasteiger partial charge on any atom is -0.375 e. The predicted molar refractivity (Wildman–Crippen MR) is 115 cm³/mol. The van der Waals surface area contributed by atoms with Crippen LogP contribution in [0.5, 0.6) is 0 Å². The van der Waals surface area contributed by atoms with Crippen LogP contribution in [0.4, 0.5) is 0 Å². The summed E-state index contributed by atoms with van der Waals surface area (Å²) >= 11 is 0. The average molecular weight is 429 g/mol. The van der Waals surface area contributed by atoms with Gasteiger partial charge in [-0.2, -0.15) is 0 Å². The summed E-state index contributed by atoms with van der Waals surface area (Å²) in [7, 11) is 1.70. The normalized spacial score (nSPS) is 25.1. The van der Waals surface area contributed by atoms with Gasteiger partial charge in [0.05, 0.1) is 24.8 Å². The number of fused-ring (bicyclic) bond motifs is 2. The Morgan fingerprint density at radius 3 is 2.58 bits per heavy atom. The monoisotopic (exact) mass is 428 g/mol. The Labute approximate surface area is 183 Å². The van der Waals surface area contributed by atoms with E-state index in [1.165, 1.54) is 11.1 Å². The summed E-state index contributed by atoms with van der Waals surface area (Å²) in [6.45, 7) is 2.66. The van der Waals surface area contributed by atoms with Crippen LogP contribution >= 0.6 is 0 Å². The molecule has 2 aliphatic heterocycles. The van der Waals surface area contributed by atoms with Crippen LogP contribution in [0.2, 0.25) is 0 Å². The molecule has 168 valence electrons. The van der Waals surface area contributed by atoms with Crippen molar-refractivity contribution in [2.24, 2.45) is 0 Å². The first-order valence-electron chi connectivity index (χ1n) is 11.3. The van der Waals surface area contributed by atoms with E-state index in [4.69, 9.17) is 4.74 Å². The number of ether oxygens (including phenoxy) is 1. The molecule has 0 aromatic heterocycles. The number of hydrogen-bond donors (Lipinski definition) is 2. The van der Waals surface area contributed by atoms with Gasteiger partial charge in [-0.1, -0.05) is 24.3 Å². The fraction of sp³-hybridized carbons (Fsp3) is 0.609. The van der Waals surface area contributed by atoms with Crippen LogP contribution in [0.1, 0.15) is 43.7 Å². The van der Waals surface area contributed by atoms with Gasteiger partial charge in [-0.25, -0.2) is 5.01 Å². The molecule has 8 heteroatoms. The molecule has 4 rings (SSSR count). The number of rotatable bonds is 6. The highest BCUT2D eigenvalue weighted by atomic mass is 16.5. The van der Waals surface area contributed by atoms with Crippen molar-refractivity contribution < 1.29 is 19.1 Å². The van der Waals surface area contributed by atoms with E-state index in [0.717, 1.165) is 25.7 Å². The first-order chi connectivity index (χ1) is 15.0. The third-order valence-electron chi connectivity index (χ3n) is 6.65. The summed E-state index contributed by atoms with van der Waals surface area (Å²) in [5.41, 5.74) is 2.64.